The maximum atomic E-state index is 12.4. The predicted molar refractivity (Wildman–Crippen MR) is 113 cm³/mol. The highest BCUT2D eigenvalue weighted by Gasteiger charge is 2.19. The molecule has 0 aliphatic rings. The van der Waals surface area contributed by atoms with Gasteiger partial charge in [0.2, 0.25) is 5.91 Å². The highest BCUT2D eigenvalue weighted by molar-refractivity contribution is 7.99. The van der Waals surface area contributed by atoms with Crippen molar-refractivity contribution in [1.29, 1.82) is 0 Å². The minimum absolute atomic E-state index is 0.136. The molecule has 0 radical (unpaired) electrons. The molecule has 0 aromatic carbocycles. The number of hydrogen-bond donors (Lipinski definition) is 1. The summed E-state index contributed by atoms with van der Waals surface area (Å²) in [5.74, 6) is 0.179. The Hall–Kier alpha value is -2.43. The molecule has 0 aliphatic carbocycles. The van der Waals surface area contributed by atoms with Crippen LogP contribution >= 0.6 is 34.4 Å². The van der Waals surface area contributed by atoms with Gasteiger partial charge in [-0.2, -0.15) is 0 Å². The molecule has 0 saturated heterocycles. The number of hydrogen-bond acceptors (Lipinski definition) is 8. The van der Waals surface area contributed by atoms with Crippen molar-refractivity contribution < 1.29 is 14.3 Å². The maximum absolute atomic E-state index is 12.4. The normalized spacial score (nSPS) is 10.6. The van der Waals surface area contributed by atoms with Gasteiger partial charge < -0.3 is 10.1 Å². The number of aromatic nitrogens is 3. The first kappa shape index (κ1) is 20.3. The maximum Gasteiger partial charge on any atom is 0.340 e. The molecule has 7 nitrogen and oxygen atoms in total. The molecule has 1 amide bonds. The Morgan fingerprint density at radius 1 is 1.43 bits per heavy atom. The van der Waals surface area contributed by atoms with Crippen molar-refractivity contribution in [3.63, 3.8) is 0 Å². The Morgan fingerprint density at radius 3 is 2.93 bits per heavy atom. The summed E-state index contributed by atoms with van der Waals surface area (Å²) in [5, 5.41) is 14.4. The van der Waals surface area contributed by atoms with E-state index in [0.717, 1.165) is 15.6 Å². The van der Waals surface area contributed by atoms with Gasteiger partial charge >= 0.3 is 5.97 Å². The van der Waals surface area contributed by atoms with Crippen molar-refractivity contribution in [3.05, 3.63) is 46.7 Å². The molecule has 1 N–H and O–H groups in total. The van der Waals surface area contributed by atoms with Crippen LogP contribution in [0.5, 0.6) is 0 Å². The second-order valence-corrected chi connectivity index (χ2v) is 8.76. The minimum atomic E-state index is -0.474. The zero-order chi connectivity index (χ0) is 20.1. The van der Waals surface area contributed by atoms with Crippen LogP contribution in [0.3, 0.4) is 0 Å². The number of thiophene rings is 2. The number of anilines is 1. The molecule has 3 rings (SSSR count). The number of amides is 1. The van der Waals surface area contributed by atoms with Gasteiger partial charge in [-0.05, 0) is 24.4 Å². The van der Waals surface area contributed by atoms with Gasteiger partial charge in [-0.15, -0.1) is 39.4 Å². The van der Waals surface area contributed by atoms with Crippen LogP contribution in [0.15, 0.2) is 41.4 Å². The predicted octanol–water partition coefficient (Wildman–Crippen LogP) is 4.08. The molecule has 0 unspecified atom stereocenters. The lowest BCUT2D eigenvalue weighted by Gasteiger charge is -2.07. The number of methoxy groups -OCH3 is 1. The first-order chi connectivity index (χ1) is 13.5. The van der Waals surface area contributed by atoms with E-state index in [1.165, 1.54) is 30.2 Å². The number of esters is 1. The Bertz CT molecular complexity index is 992. The van der Waals surface area contributed by atoms with Crippen molar-refractivity contribution in [2.45, 2.75) is 18.6 Å². The molecule has 3 heterocycles. The number of rotatable bonds is 8. The Morgan fingerprint density at radius 2 is 2.25 bits per heavy atom. The molecule has 28 heavy (non-hydrogen) atoms. The molecular weight excluding hydrogens is 416 g/mol. The van der Waals surface area contributed by atoms with Crippen LogP contribution in [-0.2, 0) is 16.1 Å². The van der Waals surface area contributed by atoms with Crippen LogP contribution in [0.2, 0.25) is 0 Å². The van der Waals surface area contributed by atoms with E-state index in [-0.39, 0.29) is 11.7 Å². The number of nitrogens with zero attached hydrogens (tertiary/aromatic N) is 3. The molecule has 0 bridgehead atoms. The molecule has 0 saturated carbocycles. The van der Waals surface area contributed by atoms with Crippen molar-refractivity contribution in [2.75, 3.05) is 18.2 Å². The van der Waals surface area contributed by atoms with Crippen LogP contribution in [-0.4, -0.2) is 39.5 Å². The van der Waals surface area contributed by atoms with Crippen molar-refractivity contribution in [1.82, 2.24) is 14.8 Å². The highest BCUT2D eigenvalue weighted by Crippen LogP contribution is 2.30. The van der Waals surface area contributed by atoms with Crippen molar-refractivity contribution in [2.24, 2.45) is 0 Å². The van der Waals surface area contributed by atoms with Crippen LogP contribution < -0.4 is 5.32 Å². The van der Waals surface area contributed by atoms with Gasteiger partial charge in [-0.1, -0.05) is 23.9 Å². The first-order valence-corrected chi connectivity index (χ1v) is 10.9. The van der Waals surface area contributed by atoms with Gasteiger partial charge in [0.25, 0.3) is 0 Å². The highest BCUT2D eigenvalue weighted by atomic mass is 32.2. The Labute approximate surface area is 174 Å². The summed E-state index contributed by atoms with van der Waals surface area (Å²) in [6.07, 6.45) is 1.77. The second kappa shape index (κ2) is 9.18. The third kappa shape index (κ3) is 4.51. The van der Waals surface area contributed by atoms with E-state index in [1.807, 2.05) is 29.0 Å². The number of aryl methyl sites for hydroxylation is 1. The fourth-order valence-electron chi connectivity index (χ4n) is 2.44. The number of thioether (sulfide) groups is 1. The largest absolute Gasteiger partial charge is 0.465 e. The number of nitrogens with one attached hydrogen (secondary N) is 1. The van der Waals surface area contributed by atoms with Gasteiger partial charge in [-0.3, -0.25) is 9.36 Å². The molecule has 0 fully saturated rings. The van der Waals surface area contributed by atoms with E-state index in [9.17, 15) is 9.59 Å². The lowest BCUT2D eigenvalue weighted by Crippen LogP contribution is -2.16. The molecular formula is C18H18N4O3S3. The van der Waals surface area contributed by atoms with Gasteiger partial charge in [0.15, 0.2) is 11.0 Å². The molecule has 10 heteroatoms. The SMILES string of the molecule is C=CCn1c(SCC(=O)Nc2sc(C)cc2C(=O)OC)nnc1-c1cccs1. The monoisotopic (exact) mass is 434 g/mol. The summed E-state index contributed by atoms with van der Waals surface area (Å²) in [7, 11) is 1.31. The lowest BCUT2D eigenvalue weighted by atomic mass is 10.3. The zero-order valence-corrected chi connectivity index (χ0v) is 17.7. The smallest absolute Gasteiger partial charge is 0.340 e. The fraction of sp³-hybridized carbons (Fsp3) is 0.222. The number of carbonyl (C=O) groups excluding carboxylic acids is 2. The van der Waals surface area contributed by atoms with Gasteiger partial charge in [0.1, 0.15) is 5.00 Å². The second-order valence-electron chi connectivity index (χ2n) is 5.61. The fourth-order valence-corrected chi connectivity index (χ4v) is 4.82. The topological polar surface area (TPSA) is 86.1 Å². The molecule has 3 aromatic heterocycles. The van der Waals surface area contributed by atoms with E-state index in [2.05, 4.69) is 22.1 Å². The summed E-state index contributed by atoms with van der Waals surface area (Å²) < 4.78 is 6.69. The number of ether oxygens (including phenoxy) is 1. The van der Waals surface area contributed by atoms with E-state index in [4.69, 9.17) is 4.74 Å². The molecule has 0 spiro atoms. The third-order valence-corrected chi connectivity index (χ3v) is 6.41. The van der Waals surface area contributed by atoms with Crippen LogP contribution in [0.1, 0.15) is 15.2 Å². The Kier molecular flexibility index (Phi) is 6.65. The lowest BCUT2D eigenvalue weighted by molar-refractivity contribution is -0.113. The molecule has 146 valence electrons. The summed E-state index contributed by atoms with van der Waals surface area (Å²) >= 11 is 4.19. The van der Waals surface area contributed by atoms with Crippen molar-refractivity contribution in [3.8, 4) is 10.7 Å². The van der Waals surface area contributed by atoms with Gasteiger partial charge in [0, 0.05) is 11.4 Å². The average molecular weight is 435 g/mol. The molecule has 0 atom stereocenters. The van der Waals surface area contributed by atoms with E-state index in [1.54, 1.807) is 23.5 Å². The summed E-state index contributed by atoms with van der Waals surface area (Å²) in [5.41, 5.74) is 0.359. The minimum Gasteiger partial charge on any atom is -0.465 e. The standard InChI is InChI=1S/C18H18N4O3S3/c1-4-7-22-15(13-6-5-8-26-13)20-21-18(22)27-10-14(23)19-16-12(17(24)25-3)9-11(2)28-16/h4-6,8-9H,1,7,10H2,2-3H3,(H,19,23). The van der Waals surface area contributed by atoms with Crippen LogP contribution in [0, 0.1) is 6.92 Å². The summed E-state index contributed by atoms with van der Waals surface area (Å²) in [4.78, 5) is 26.2. The van der Waals surface area contributed by atoms with E-state index >= 15 is 0 Å². The summed E-state index contributed by atoms with van der Waals surface area (Å²) in [6.45, 7) is 6.19. The molecule has 0 aliphatic heterocycles. The Balaban J connectivity index is 1.70. The number of allylic oxidation sites excluding steroid dienone is 1. The van der Waals surface area contributed by atoms with Crippen molar-refractivity contribution >= 4 is 51.3 Å². The van der Waals surface area contributed by atoms with Gasteiger partial charge in [0.05, 0.1) is 23.3 Å². The van der Waals surface area contributed by atoms with Gasteiger partial charge in [-0.25, -0.2) is 4.79 Å². The van der Waals surface area contributed by atoms with Crippen LogP contribution in [0.25, 0.3) is 10.7 Å². The van der Waals surface area contributed by atoms with E-state index < -0.39 is 5.97 Å². The quantitative estimate of drug-likeness (QED) is 0.327. The number of carbonyl (C=O) groups is 2. The van der Waals surface area contributed by atoms with E-state index in [0.29, 0.717) is 22.3 Å². The first-order valence-electron chi connectivity index (χ1n) is 8.22. The third-order valence-electron chi connectivity index (χ3n) is 3.62. The van der Waals surface area contributed by atoms with Crippen LogP contribution in [0.4, 0.5) is 5.00 Å². The molecule has 3 aromatic rings. The average Bonchev–Trinajstić information content (AvgIpc) is 3.40. The summed E-state index contributed by atoms with van der Waals surface area (Å²) in [6, 6.07) is 5.63. The zero-order valence-electron chi connectivity index (χ0n) is 15.3.